The third-order valence-corrected chi connectivity index (χ3v) is 4.94. The standard InChI is InChI=1S/C15H20BrN/c1-11-3-2-8-17(11)15-7-5-12-9-14(16)6-4-13(12)10-15/h4,6,9,11,15H,2-3,5,7-8,10H2,1H3/t11-,15-/m1/s1. The third kappa shape index (κ3) is 2.30. The molecule has 0 saturated carbocycles. The van der Waals surface area contributed by atoms with Crippen LogP contribution in [0.15, 0.2) is 22.7 Å². The smallest absolute Gasteiger partial charge is 0.0178 e. The van der Waals surface area contributed by atoms with E-state index < -0.39 is 0 Å². The first-order chi connectivity index (χ1) is 8.24. The normalized spacial score (nSPS) is 29.3. The minimum atomic E-state index is 0.793. The first-order valence-electron chi connectivity index (χ1n) is 6.77. The van der Waals surface area contributed by atoms with Crippen LogP contribution in [0.3, 0.4) is 0 Å². The van der Waals surface area contributed by atoms with E-state index in [0.717, 1.165) is 12.1 Å². The maximum absolute atomic E-state index is 3.57. The molecule has 1 aromatic carbocycles. The number of benzene rings is 1. The molecular weight excluding hydrogens is 274 g/mol. The van der Waals surface area contributed by atoms with Gasteiger partial charge in [0.15, 0.2) is 0 Å². The predicted octanol–water partition coefficient (Wildman–Crippen LogP) is 3.79. The molecule has 17 heavy (non-hydrogen) atoms. The fourth-order valence-corrected chi connectivity index (χ4v) is 3.89. The lowest BCUT2D eigenvalue weighted by molar-refractivity contribution is 0.174. The number of hydrogen-bond donors (Lipinski definition) is 0. The van der Waals surface area contributed by atoms with Gasteiger partial charge < -0.3 is 0 Å². The summed E-state index contributed by atoms with van der Waals surface area (Å²) in [6.45, 7) is 3.71. The topological polar surface area (TPSA) is 3.24 Å². The molecule has 1 heterocycles. The first kappa shape index (κ1) is 11.7. The van der Waals surface area contributed by atoms with Crippen molar-refractivity contribution in [2.75, 3.05) is 6.54 Å². The van der Waals surface area contributed by atoms with Crippen molar-refractivity contribution < 1.29 is 0 Å². The minimum absolute atomic E-state index is 0.793. The van der Waals surface area contributed by atoms with Gasteiger partial charge in [-0.2, -0.15) is 0 Å². The summed E-state index contributed by atoms with van der Waals surface area (Å²) in [6, 6.07) is 8.40. The Morgan fingerprint density at radius 3 is 2.88 bits per heavy atom. The van der Waals surface area contributed by atoms with E-state index in [2.05, 4.69) is 46.0 Å². The van der Waals surface area contributed by atoms with Gasteiger partial charge in [0.25, 0.3) is 0 Å². The summed E-state index contributed by atoms with van der Waals surface area (Å²) in [5.74, 6) is 0. The van der Waals surface area contributed by atoms with E-state index in [9.17, 15) is 0 Å². The van der Waals surface area contributed by atoms with Gasteiger partial charge in [0.1, 0.15) is 0 Å². The molecule has 2 heteroatoms. The van der Waals surface area contributed by atoms with E-state index in [1.165, 1.54) is 43.1 Å². The minimum Gasteiger partial charge on any atom is -0.297 e. The lowest BCUT2D eigenvalue weighted by atomic mass is 9.87. The Morgan fingerprint density at radius 1 is 1.24 bits per heavy atom. The van der Waals surface area contributed by atoms with Gasteiger partial charge in [0, 0.05) is 16.6 Å². The Bertz CT molecular complexity index is 415. The van der Waals surface area contributed by atoms with Gasteiger partial charge in [-0.15, -0.1) is 0 Å². The lowest BCUT2D eigenvalue weighted by Crippen LogP contribution is -2.41. The van der Waals surface area contributed by atoms with Crippen LogP contribution in [0.2, 0.25) is 0 Å². The first-order valence-corrected chi connectivity index (χ1v) is 7.56. The second-order valence-electron chi connectivity index (χ2n) is 5.54. The molecule has 1 fully saturated rings. The number of fused-ring (bicyclic) bond motifs is 1. The number of nitrogens with zero attached hydrogens (tertiary/aromatic N) is 1. The number of hydrogen-bond acceptors (Lipinski definition) is 1. The molecule has 92 valence electrons. The molecule has 1 saturated heterocycles. The fraction of sp³-hybridized carbons (Fsp3) is 0.600. The number of likely N-dealkylation sites (tertiary alicyclic amines) is 1. The molecule has 2 atom stereocenters. The zero-order valence-corrected chi connectivity index (χ0v) is 12.0. The number of halogens is 1. The molecule has 0 unspecified atom stereocenters. The van der Waals surface area contributed by atoms with Crippen LogP contribution >= 0.6 is 15.9 Å². The molecular formula is C15H20BrN. The molecule has 0 N–H and O–H groups in total. The molecule has 3 rings (SSSR count). The van der Waals surface area contributed by atoms with Gasteiger partial charge >= 0.3 is 0 Å². The number of rotatable bonds is 1. The van der Waals surface area contributed by atoms with Crippen molar-refractivity contribution in [1.29, 1.82) is 0 Å². The van der Waals surface area contributed by atoms with E-state index in [0.29, 0.717) is 0 Å². The lowest BCUT2D eigenvalue weighted by Gasteiger charge is -2.35. The maximum atomic E-state index is 3.57. The van der Waals surface area contributed by atoms with Crippen molar-refractivity contribution in [2.24, 2.45) is 0 Å². The van der Waals surface area contributed by atoms with Gasteiger partial charge in [0.05, 0.1) is 0 Å². The Kier molecular flexibility index (Phi) is 3.27. The van der Waals surface area contributed by atoms with Crippen LogP contribution in [0.5, 0.6) is 0 Å². The predicted molar refractivity (Wildman–Crippen MR) is 75.4 cm³/mol. The maximum Gasteiger partial charge on any atom is 0.0178 e. The Balaban J connectivity index is 1.78. The van der Waals surface area contributed by atoms with E-state index in [-0.39, 0.29) is 0 Å². The zero-order chi connectivity index (χ0) is 11.8. The van der Waals surface area contributed by atoms with E-state index in [1.807, 2.05) is 0 Å². The van der Waals surface area contributed by atoms with Gasteiger partial charge in [-0.05, 0) is 68.8 Å². The van der Waals surface area contributed by atoms with Crippen molar-refractivity contribution >= 4 is 15.9 Å². The van der Waals surface area contributed by atoms with Crippen LogP contribution in [0.1, 0.15) is 37.3 Å². The van der Waals surface area contributed by atoms with E-state index in [1.54, 1.807) is 11.1 Å². The molecule has 1 aliphatic heterocycles. The second kappa shape index (κ2) is 4.74. The highest BCUT2D eigenvalue weighted by atomic mass is 79.9. The fourth-order valence-electron chi connectivity index (χ4n) is 3.49. The van der Waals surface area contributed by atoms with Crippen molar-refractivity contribution in [2.45, 2.75) is 51.1 Å². The zero-order valence-electron chi connectivity index (χ0n) is 10.5. The second-order valence-corrected chi connectivity index (χ2v) is 6.45. The van der Waals surface area contributed by atoms with Gasteiger partial charge in [0.2, 0.25) is 0 Å². The van der Waals surface area contributed by atoms with Gasteiger partial charge in [-0.25, -0.2) is 0 Å². The largest absolute Gasteiger partial charge is 0.297 e. The van der Waals surface area contributed by atoms with Crippen molar-refractivity contribution in [3.63, 3.8) is 0 Å². The summed E-state index contributed by atoms with van der Waals surface area (Å²) in [5.41, 5.74) is 3.13. The highest BCUT2D eigenvalue weighted by Gasteiger charge is 2.30. The van der Waals surface area contributed by atoms with Crippen LogP contribution in [0.4, 0.5) is 0 Å². The van der Waals surface area contributed by atoms with Crippen LogP contribution in [0.25, 0.3) is 0 Å². The van der Waals surface area contributed by atoms with Gasteiger partial charge in [-0.1, -0.05) is 22.0 Å². The molecule has 1 aliphatic carbocycles. The van der Waals surface area contributed by atoms with Gasteiger partial charge in [-0.3, -0.25) is 4.90 Å². The molecule has 0 radical (unpaired) electrons. The average Bonchev–Trinajstić information content (AvgIpc) is 2.75. The van der Waals surface area contributed by atoms with Crippen molar-refractivity contribution in [1.82, 2.24) is 4.90 Å². The molecule has 1 nitrogen and oxygen atoms in total. The SMILES string of the molecule is C[C@@H]1CCCN1[C@@H]1CCc2cc(Br)ccc2C1. The molecule has 0 spiro atoms. The van der Waals surface area contributed by atoms with Crippen LogP contribution in [-0.2, 0) is 12.8 Å². The monoisotopic (exact) mass is 293 g/mol. The quantitative estimate of drug-likeness (QED) is 0.761. The van der Waals surface area contributed by atoms with E-state index >= 15 is 0 Å². The summed E-state index contributed by atoms with van der Waals surface area (Å²) < 4.78 is 1.23. The highest BCUT2D eigenvalue weighted by molar-refractivity contribution is 9.10. The third-order valence-electron chi connectivity index (χ3n) is 4.44. The Hall–Kier alpha value is -0.340. The molecule has 2 aliphatic rings. The summed E-state index contributed by atoms with van der Waals surface area (Å²) in [6.07, 6.45) is 6.64. The molecule has 1 aromatic rings. The summed E-state index contributed by atoms with van der Waals surface area (Å²) in [7, 11) is 0. The highest BCUT2D eigenvalue weighted by Crippen LogP contribution is 2.30. The van der Waals surface area contributed by atoms with E-state index in [4.69, 9.17) is 0 Å². The molecule has 0 amide bonds. The average molecular weight is 294 g/mol. The van der Waals surface area contributed by atoms with Crippen molar-refractivity contribution in [3.05, 3.63) is 33.8 Å². The van der Waals surface area contributed by atoms with Crippen molar-refractivity contribution in [3.8, 4) is 0 Å². The Labute approximate surface area is 112 Å². The molecule has 0 aromatic heterocycles. The molecule has 0 bridgehead atoms. The van der Waals surface area contributed by atoms with Crippen LogP contribution in [0, 0.1) is 0 Å². The number of aryl methyl sites for hydroxylation is 1. The summed E-state index contributed by atoms with van der Waals surface area (Å²) in [4.78, 5) is 2.74. The summed E-state index contributed by atoms with van der Waals surface area (Å²) in [5, 5.41) is 0. The summed E-state index contributed by atoms with van der Waals surface area (Å²) >= 11 is 3.57. The van der Waals surface area contributed by atoms with Crippen LogP contribution < -0.4 is 0 Å². The Morgan fingerprint density at radius 2 is 2.12 bits per heavy atom. The van der Waals surface area contributed by atoms with Crippen LogP contribution in [-0.4, -0.2) is 23.5 Å².